The molecule has 2 aromatic carbocycles. The van der Waals surface area contributed by atoms with E-state index in [0.717, 1.165) is 18.2 Å². The van der Waals surface area contributed by atoms with Crippen molar-refractivity contribution >= 4 is 17.3 Å². The molecule has 3 heteroatoms. The van der Waals surface area contributed by atoms with Crippen LogP contribution in [0.2, 0.25) is 0 Å². The Labute approximate surface area is 138 Å². The summed E-state index contributed by atoms with van der Waals surface area (Å²) in [7, 11) is 0. The largest absolute Gasteiger partial charge is 0.341 e. The molecule has 0 amide bonds. The first-order chi connectivity index (χ1) is 10.7. The van der Waals surface area contributed by atoms with Gasteiger partial charge in [0.05, 0.1) is 12.1 Å². The smallest absolute Gasteiger partial charge is 0.172 e. The second-order valence-electron chi connectivity index (χ2n) is 5.84. The highest BCUT2D eigenvalue weighted by Gasteiger charge is 2.32. The molecule has 1 heterocycles. The average molecular weight is 310 g/mol. The predicted molar refractivity (Wildman–Crippen MR) is 95.7 cm³/mol. The molecule has 0 saturated carbocycles. The van der Waals surface area contributed by atoms with Gasteiger partial charge in [0.1, 0.15) is 0 Å². The van der Waals surface area contributed by atoms with Crippen molar-refractivity contribution in [2.24, 2.45) is 0 Å². The number of hydrogen-bond donors (Lipinski definition) is 0. The maximum Gasteiger partial charge on any atom is 0.172 e. The number of thiocarbonyl (C=S) groups is 1. The number of benzene rings is 2. The van der Waals surface area contributed by atoms with Crippen molar-refractivity contribution in [2.45, 2.75) is 25.9 Å². The highest BCUT2D eigenvalue weighted by molar-refractivity contribution is 7.80. The van der Waals surface area contributed by atoms with E-state index in [1.54, 1.807) is 0 Å². The van der Waals surface area contributed by atoms with E-state index in [0.29, 0.717) is 12.1 Å². The Balaban J connectivity index is 1.75. The van der Waals surface area contributed by atoms with Crippen molar-refractivity contribution in [3.8, 4) is 0 Å². The van der Waals surface area contributed by atoms with Crippen LogP contribution in [0.3, 0.4) is 0 Å². The molecule has 1 aliphatic rings. The van der Waals surface area contributed by atoms with Crippen molar-refractivity contribution in [3.63, 3.8) is 0 Å². The summed E-state index contributed by atoms with van der Waals surface area (Å²) in [4.78, 5) is 4.67. The van der Waals surface area contributed by atoms with Crippen LogP contribution in [-0.2, 0) is 0 Å². The van der Waals surface area contributed by atoms with E-state index in [1.165, 1.54) is 11.1 Å². The molecule has 0 radical (unpaired) electrons. The Bertz CT molecular complexity index is 571. The van der Waals surface area contributed by atoms with Crippen LogP contribution in [0.15, 0.2) is 60.7 Å². The summed E-state index contributed by atoms with van der Waals surface area (Å²) >= 11 is 5.77. The van der Waals surface area contributed by atoms with Crippen LogP contribution in [0.4, 0.5) is 0 Å². The lowest BCUT2D eigenvalue weighted by Gasteiger charge is -2.31. The summed E-state index contributed by atoms with van der Waals surface area (Å²) in [6.45, 7) is 6.45. The first kappa shape index (κ1) is 15.0. The highest BCUT2D eigenvalue weighted by atomic mass is 32.1. The molecular weight excluding hydrogens is 288 g/mol. The van der Waals surface area contributed by atoms with E-state index in [1.807, 2.05) is 0 Å². The quantitative estimate of drug-likeness (QED) is 0.772. The Kier molecular flexibility index (Phi) is 4.44. The normalized spacial score (nSPS) is 17.6. The standard InChI is InChI=1S/C19H22N2S/c1-15(17-9-5-3-6-10-17)20-13-14-21(19(20)22)16(2)18-11-7-4-8-12-18/h3-12,15-16H,13-14H2,1-2H3/t15-,16-/m1/s1. The fourth-order valence-corrected chi connectivity index (χ4v) is 3.61. The second kappa shape index (κ2) is 6.49. The van der Waals surface area contributed by atoms with E-state index in [2.05, 4.69) is 84.3 Å². The van der Waals surface area contributed by atoms with Gasteiger partial charge < -0.3 is 9.80 Å². The van der Waals surface area contributed by atoms with Crippen molar-refractivity contribution in [2.75, 3.05) is 13.1 Å². The zero-order chi connectivity index (χ0) is 15.5. The van der Waals surface area contributed by atoms with Crippen molar-refractivity contribution in [1.29, 1.82) is 0 Å². The van der Waals surface area contributed by atoms with E-state index in [9.17, 15) is 0 Å². The zero-order valence-electron chi connectivity index (χ0n) is 13.1. The Morgan fingerprint density at radius 2 is 1.09 bits per heavy atom. The summed E-state index contributed by atoms with van der Waals surface area (Å²) in [5.74, 6) is 0. The van der Waals surface area contributed by atoms with Gasteiger partial charge in [-0.1, -0.05) is 60.7 Å². The van der Waals surface area contributed by atoms with Crippen molar-refractivity contribution < 1.29 is 0 Å². The van der Waals surface area contributed by atoms with Gasteiger partial charge in [-0.15, -0.1) is 0 Å². The molecule has 2 aromatic rings. The van der Waals surface area contributed by atoms with Gasteiger partial charge in [-0.2, -0.15) is 0 Å². The third-order valence-corrected chi connectivity index (χ3v) is 5.04. The molecule has 3 rings (SSSR count). The highest BCUT2D eigenvalue weighted by Crippen LogP contribution is 2.30. The van der Waals surface area contributed by atoms with Crippen molar-refractivity contribution in [3.05, 3.63) is 71.8 Å². The molecule has 1 fully saturated rings. The molecule has 22 heavy (non-hydrogen) atoms. The van der Waals surface area contributed by atoms with Crippen LogP contribution < -0.4 is 0 Å². The molecule has 0 N–H and O–H groups in total. The molecule has 0 aromatic heterocycles. The molecule has 114 valence electrons. The van der Waals surface area contributed by atoms with E-state index in [-0.39, 0.29) is 0 Å². The first-order valence-electron chi connectivity index (χ1n) is 7.85. The van der Waals surface area contributed by atoms with Gasteiger partial charge in [-0.25, -0.2) is 0 Å². The lowest BCUT2D eigenvalue weighted by Crippen LogP contribution is -2.34. The molecule has 0 aliphatic carbocycles. The predicted octanol–water partition coefficient (Wildman–Crippen LogP) is 4.41. The third kappa shape index (κ3) is 2.86. The van der Waals surface area contributed by atoms with Gasteiger partial charge in [-0.3, -0.25) is 0 Å². The Hall–Kier alpha value is -1.87. The fraction of sp³-hybridized carbons (Fsp3) is 0.316. The monoisotopic (exact) mass is 310 g/mol. The number of hydrogen-bond acceptors (Lipinski definition) is 1. The van der Waals surface area contributed by atoms with Gasteiger partial charge in [0, 0.05) is 13.1 Å². The minimum absolute atomic E-state index is 0.321. The maximum atomic E-state index is 5.77. The lowest BCUT2D eigenvalue weighted by atomic mass is 10.1. The molecule has 0 unspecified atom stereocenters. The van der Waals surface area contributed by atoms with Crippen LogP contribution in [0, 0.1) is 0 Å². The van der Waals surface area contributed by atoms with Gasteiger partial charge in [0.15, 0.2) is 5.11 Å². The van der Waals surface area contributed by atoms with E-state index < -0.39 is 0 Å². The number of nitrogens with zero attached hydrogens (tertiary/aromatic N) is 2. The van der Waals surface area contributed by atoms with Crippen molar-refractivity contribution in [1.82, 2.24) is 9.80 Å². The Morgan fingerprint density at radius 3 is 1.45 bits per heavy atom. The van der Waals surface area contributed by atoms with Gasteiger partial charge in [0.25, 0.3) is 0 Å². The molecule has 0 bridgehead atoms. The average Bonchev–Trinajstić information content (AvgIpc) is 2.96. The second-order valence-corrected chi connectivity index (χ2v) is 6.21. The Morgan fingerprint density at radius 1 is 0.727 bits per heavy atom. The molecule has 2 nitrogen and oxygen atoms in total. The zero-order valence-corrected chi connectivity index (χ0v) is 14.0. The lowest BCUT2D eigenvalue weighted by molar-refractivity contribution is 0.373. The third-order valence-electron chi connectivity index (χ3n) is 4.57. The van der Waals surface area contributed by atoms with Crippen LogP contribution in [0.5, 0.6) is 0 Å². The number of rotatable bonds is 4. The maximum absolute atomic E-state index is 5.77. The molecule has 0 spiro atoms. The molecule has 1 saturated heterocycles. The van der Waals surface area contributed by atoms with Crippen LogP contribution in [0.1, 0.15) is 37.1 Å². The van der Waals surface area contributed by atoms with E-state index in [4.69, 9.17) is 12.2 Å². The van der Waals surface area contributed by atoms with Gasteiger partial charge in [0.2, 0.25) is 0 Å². The first-order valence-corrected chi connectivity index (χ1v) is 8.26. The molecule has 1 aliphatic heterocycles. The van der Waals surface area contributed by atoms with Crippen LogP contribution in [-0.4, -0.2) is 28.0 Å². The molecular formula is C19H22N2S. The summed E-state index contributed by atoms with van der Waals surface area (Å²) in [5.41, 5.74) is 2.64. The summed E-state index contributed by atoms with van der Waals surface area (Å²) in [6.07, 6.45) is 0. The minimum atomic E-state index is 0.321. The summed E-state index contributed by atoms with van der Waals surface area (Å²) < 4.78 is 0. The van der Waals surface area contributed by atoms with Gasteiger partial charge >= 0.3 is 0 Å². The SMILES string of the molecule is C[C@H](c1ccccc1)N1CCN([C@H](C)c2ccccc2)C1=S. The minimum Gasteiger partial charge on any atom is -0.341 e. The topological polar surface area (TPSA) is 6.48 Å². The van der Waals surface area contributed by atoms with Gasteiger partial charge in [-0.05, 0) is 37.2 Å². The van der Waals surface area contributed by atoms with Crippen LogP contribution >= 0.6 is 12.2 Å². The van der Waals surface area contributed by atoms with E-state index >= 15 is 0 Å². The summed E-state index contributed by atoms with van der Waals surface area (Å²) in [5, 5.41) is 0.965. The van der Waals surface area contributed by atoms with Crippen LogP contribution in [0.25, 0.3) is 0 Å². The fourth-order valence-electron chi connectivity index (χ4n) is 3.11. The summed E-state index contributed by atoms with van der Waals surface area (Å²) in [6, 6.07) is 21.8. The molecule has 2 atom stereocenters.